The summed E-state index contributed by atoms with van der Waals surface area (Å²) in [6.07, 6.45) is 1.48. The molecule has 0 spiro atoms. The van der Waals surface area contributed by atoms with Gasteiger partial charge < -0.3 is 0 Å². The number of hydrogen-bond donors (Lipinski definition) is 2. The molecule has 7 heteroatoms. The highest BCUT2D eigenvalue weighted by Crippen LogP contribution is 2.20. The number of hydrogen-bond acceptors (Lipinski definition) is 3. The third kappa shape index (κ3) is 3.29. The standard InChI is InChI=1S/C6H7BrN2O3S/c1-4-2-5(7)6(8-3-4)9-13(10,11)12/h2-3H,1H3,(H,8,9)(H,10,11,12). The van der Waals surface area contributed by atoms with Crippen LogP contribution in [0, 0.1) is 6.92 Å². The molecule has 0 saturated heterocycles. The SMILES string of the molecule is Cc1cnc(NS(=O)(=O)O)c(Br)c1. The molecule has 0 bridgehead atoms. The van der Waals surface area contributed by atoms with E-state index in [0.717, 1.165) is 5.56 Å². The van der Waals surface area contributed by atoms with Crippen LogP contribution < -0.4 is 4.72 Å². The van der Waals surface area contributed by atoms with Gasteiger partial charge in [-0.3, -0.25) is 4.55 Å². The highest BCUT2D eigenvalue weighted by atomic mass is 79.9. The monoisotopic (exact) mass is 266 g/mol. The molecule has 1 rings (SSSR count). The van der Waals surface area contributed by atoms with Crippen molar-refractivity contribution in [2.24, 2.45) is 0 Å². The second-order valence-corrected chi connectivity index (χ2v) is 4.43. The van der Waals surface area contributed by atoms with Gasteiger partial charge in [0.2, 0.25) is 0 Å². The second-order valence-electron chi connectivity index (χ2n) is 2.42. The lowest BCUT2D eigenvalue weighted by Crippen LogP contribution is -2.12. The van der Waals surface area contributed by atoms with E-state index in [4.69, 9.17) is 4.55 Å². The Morgan fingerprint density at radius 2 is 2.23 bits per heavy atom. The van der Waals surface area contributed by atoms with Crippen molar-refractivity contribution in [2.45, 2.75) is 6.92 Å². The van der Waals surface area contributed by atoms with Gasteiger partial charge in [-0.1, -0.05) is 0 Å². The molecule has 0 saturated carbocycles. The summed E-state index contributed by atoms with van der Waals surface area (Å²) in [6, 6.07) is 1.68. The van der Waals surface area contributed by atoms with E-state index < -0.39 is 10.3 Å². The van der Waals surface area contributed by atoms with E-state index in [1.54, 1.807) is 6.07 Å². The fourth-order valence-electron chi connectivity index (χ4n) is 0.731. The van der Waals surface area contributed by atoms with Gasteiger partial charge in [0.05, 0.1) is 4.47 Å². The molecule has 0 atom stereocenters. The van der Waals surface area contributed by atoms with Crippen LogP contribution in [-0.4, -0.2) is 18.0 Å². The minimum absolute atomic E-state index is 0.0631. The lowest BCUT2D eigenvalue weighted by Gasteiger charge is -2.03. The van der Waals surface area contributed by atoms with E-state index in [9.17, 15) is 8.42 Å². The first-order valence-corrected chi connectivity index (χ1v) is 5.49. The summed E-state index contributed by atoms with van der Waals surface area (Å²) in [5.41, 5.74) is 0.882. The molecule has 5 nitrogen and oxygen atoms in total. The van der Waals surface area contributed by atoms with E-state index in [2.05, 4.69) is 20.9 Å². The predicted molar refractivity (Wildman–Crippen MR) is 51.8 cm³/mol. The minimum atomic E-state index is -4.26. The van der Waals surface area contributed by atoms with Crippen LogP contribution in [0.3, 0.4) is 0 Å². The molecule has 72 valence electrons. The predicted octanol–water partition coefficient (Wildman–Crippen LogP) is 1.37. The van der Waals surface area contributed by atoms with Gasteiger partial charge in [0.1, 0.15) is 0 Å². The third-order valence-corrected chi connectivity index (χ3v) is 2.26. The number of rotatable bonds is 2. The van der Waals surface area contributed by atoms with Crippen LogP contribution >= 0.6 is 15.9 Å². The molecule has 0 unspecified atom stereocenters. The van der Waals surface area contributed by atoms with Crippen molar-refractivity contribution in [1.82, 2.24) is 4.98 Å². The average molecular weight is 267 g/mol. The van der Waals surface area contributed by atoms with Gasteiger partial charge in [0.15, 0.2) is 5.82 Å². The van der Waals surface area contributed by atoms with E-state index >= 15 is 0 Å². The van der Waals surface area contributed by atoms with E-state index in [1.165, 1.54) is 6.20 Å². The Kier molecular flexibility index (Phi) is 2.89. The van der Waals surface area contributed by atoms with Crippen molar-refractivity contribution in [3.63, 3.8) is 0 Å². The number of pyridine rings is 1. The highest BCUT2D eigenvalue weighted by molar-refractivity contribution is 9.10. The Morgan fingerprint density at radius 1 is 1.62 bits per heavy atom. The summed E-state index contributed by atoms with van der Waals surface area (Å²) in [4.78, 5) is 3.77. The quantitative estimate of drug-likeness (QED) is 0.793. The fraction of sp³-hybridized carbons (Fsp3) is 0.167. The van der Waals surface area contributed by atoms with Gasteiger partial charge in [0.25, 0.3) is 0 Å². The van der Waals surface area contributed by atoms with Gasteiger partial charge in [-0.2, -0.15) is 8.42 Å². The molecular formula is C6H7BrN2O3S. The van der Waals surface area contributed by atoms with Gasteiger partial charge >= 0.3 is 10.3 Å². The molecule has 0 aliphatic heterocycles. The van der Waals surface area contributed by atoms with Crippen molar-refractivity contribution < 1.29 is 13.0 Å². The molecule has 0 aliphatic rings. The summed E-state index contributed by atoms with van der Waals surface area (Å²) in [7, 11) is -4.26. The fourth-order valence-corrected chi connectivity index (χ4v) is 1.83. The zero-order valence-electron chi connectivity index (χ0n) is 6.65. The lowest BCUT2D eigenvalue weighted by molar-refractivity contribution is 0.489. The summed E-state index contributed by atoms with van der Waals surface area (Å²) in [5.74, 6) is 0.0631. The van der Waals surface area contributed by atoms with Gasteiger partial charge in [-0.15, -0.1) is 0 Å². The number of aromatic nitrogens is 1. The van der Waals surface area contributed by atoms with E-state index in [-0.39, 0.29) is 5.82 Å². The van der Waals surface area contributed by atoms with Crippen molar-refractivity contribution in [3.05, 3.63) is 22.3 Å². The van der Waals surface area contributed by atoms with Crippen LogP contribution in [0.4, 0.5) is 5.82 Å². The highest BCUT2D eigenvalue weighted by Gasteiger charge is 2.08. The summed E-state index contributed by atoms with van der Waals surface area (Å²) >= 11 is 3.10. The first kappa shape index (κ1) is 10.4. The first-order valence-electron chi connectivity index (χ1n) is 3.26. The molecule has 1 heterocycles. The Hall–Kier alpha value is -0.660. The largest absolute Gasteiger partial charge is 0.358 e. The molecule has 0 aliphatic carbocycles. The lowest BCUT2D eigenvalue weighted by atomic mass is 10.3. The maximum absolute atomic E-state index is 10.4. The van der Waals surface area contributed by atoms with Gasteiger partial charge in [-0.25, -0.2) is 9.71 Å². The molecule has 2 N–H and O–H groups in total. The molecule has 1 aromatic heterocycles. The topological polar surface area (TPSA) is 79.3 Å². The minimum Gasteiger partial charge on any atom is -0.269 e. The summed E-state index contributed by atoms with van der Waals surface area (Å²) in [6.45, 7) is 1.81. The Balaban J connectivity index is 3.04. The van der Waals surface area contributed by atoms with Crippen molar-refractivity contribution in [2.75, 3.05) is 4.72 Å². The third-order valence-electron chi connectivity index (χ3n) is 1.20. The summed E-state index contributed by atoms with van der Waals surface area (Å²) < 4.78 is 31.6. The van der Waals surface area contributed by atoms with Gasteiger partial charge in [-0.05, 0) is 34.5 Å². The van der Waals surface area contributed by atoms with Crippen LogP contribution in [-0.2, 0) is 10.3 Å². The van der Waals surface area contributed by atoms with E-state index in [0.29, 0.717) is 4.47 Å². The Morgan fingerprint density at radius 3 is 2.69 bits per heavy atom. The number of halogens is 1. The van der Waals surface area contributed by atoms with Crippen molar-refractivity contribution in [1.29, 1.82) is 0 Å². The van der Waals surface area contributed by atoms with Gasteiger partial charge in [0, 0.05) is 6.20 Å². The smallest absolute Gasteiger partial charge is 0.269 e. The average Bonchev–Trinajstić information content (AvgIpc) is 1.93. The van der Waals surface area contributed by atoms with Crippen molar-refractivity contribution in [3.8, 4) is 0 Å². The van der Waals surface area contributed by atoms with Crippen LogP contribution in [0.1, 0.15) is 5.56 Å². The molecule has 0 fully saturated rings. The zero-order chi connectivity index (χ0) is 10.1. The Bertz CT molecular complexity index is 418. The number of aryl methyl sites for hydroxylation is 1. The normalized spacial score (nSPS) is 11.3. The maximum atomic E-state index is 10.4. The second kappa shape index (κ2) is 3.60. The number of nitrogens with one attached hydrogen (secondary N) is 1. The number of nitrogens with zero attached hydrogens (tertiary/aromatic N) is 1. The molecular weight excluding hydrogens is 260 g/mol. The Labute approximate surface area is 84.2 Å². The molecule has 0 aromatic carbocycles. The summed E-state index contributed by atoms with van der Waals surface area (Å²) in [5, 5.41) is 0. The zero-order valence-corrected chi connectivity index (χ0v) is 9.05. The van der Waals surface area contributed by atoms with Crippen LogP contribution in [0.15, 0.2) is 16.7 Å². The van der Waals surface area contributed by atoms with E-state index in [1.807, 2.05) is 11.6 Å². The molecule has 13 heavy (non-hydrogen) atoms. The maximum Gasteiger partial charge on any atom is 0.358 e. The van der Waals surface area contributed by atoms with Crippen LogP contribution in [0.2, 0.25) is 0 Å². The molecule has 0 radical (unpaired) electrons. The molecule has 1 aromatic rings. The van der Waals surface area contributed by atoms with Crippen LogP contribution in [0.5, 0.6) is 0 Å². The van der Waals surface area contributed by atoms with Crippen LogP contribution in [0.25, 0.3) is 0 Å². The molecule has 0 amide bonds. The number of anilines is 1. The first-order chi connectivity index (χ1) is 5.88. The van der Waals surface area contributed by atoms with Crippen molar-refractivity contribution >= 4 is 32.1 Å².